The lowest BCUT2D eigenvalue weighted by molar-refractivity contribution is -0.141. The second-order valence-electron chi connectivity index (χ2n) is 7.06. The van der Waals surface area contributed by atoms with Gasteiger partial charge in [0.15, 0.2) is 6.04 Å². The van der Waals surface area contributed by atoms with Gasteiger partial charge in [-0.3, -0.25) is 9.69 Å². The van der Waals surface area contributed by atoms with E-state index in [0.717, 1.165) is 4.68 Å². The Kier molecular flexibility index (Phi) is 5.92. The number of likely N-dealkylation sites (tertiary alicyclic amines) is 1. The van der Waals surface area contributed by atoms with E-state index in [2.05, 4.69) is 5.10 Å². The maximum atomic E-state index is 12.9. The smallest absolute Gasteiger partial charge is 0.328 e. The summed E-state index contributed by atoms with van der Waals surface area (Å²) in [6.07, 6.45) is -0.171. The van der Waals surface area contributed by atoms with Gasteiger partial charge in [-0.05, 0) is 24.4 Å². The van der Waals surface area contributed by atoms with Gasteiger partial charge in [0, 0.05) is 41.9 Å². The van der Waals surface area contributed by atoms with Gasteiger partial charge < -0.3 is 5.11 Å². The Hall–Kier alpha value is -1.54. The fourth-order valence-corrected chi connectivity index (χ4v) is 3.46. The molecular formula is C16H26FN3O3Si. The first-order chi connectivity index (χ1) is 11.2. The summed E-state index contributed by atoms with van der Waals surface area (Å²) in [6, 6.07) is 0.782. The van der Waals surface area contributed by atoms with Gasteiger partial charge >= 0.3 is 5.97 Å². The maximum Gasteiger partial charge on any atom is 0.328 e. The lowest BCUT2D eigenvalue weighted by atomic mass is 10.0. The molecule has 1 unspecified atom stereocenters. The molecule has 1 aromatic heterocycles. The van der Waals surface area contributed by atoms with Crippen LogP contribution in [0.1, 0.15) is 31.1 Å². The number of nitrogens with zero attached hydrogens (tertiary/aromatic N) is 3. The largest absolute Gasteiger partial charge is 0.480 e. The second kappa shape index (κ2) is 7.56. The molecule has 134 valence electrons. The third-order valence-corrected chi connectivity index (χ3v) is 6.79. The van der Waals surface area contributed by atoms with Crippen LogP contribution in [0.15, 0.2) is 10.9 Å². The summed E-state index contributed by atoms with van der Waals surface area (Å²) in [5, 5.41) is 14.0. The SMILES string of the molecule is Cc1cc(CCN2CC(F)C2)nn([C@H](C(=O)O)C([SiH3])C(C)C)c1=O. The van der Waals surface area contributed by atoms with Crippen molar-refractivity contribution in [2.45, 2.75) is 44.9 Å². The average Bonchev–Trinajstić information content (AvgIpc) is 2.46. The van der Waals surface area contributed by atoms with Gasteiger partial charge in [-0.15, -0.1) is 0 Å². The van der Waals surface area contributed by atoms with Crippen molar-refractivity contribution in [2.24, 2.45) is 5.92 Å². The third kappa shape index (κ3) is 4.10. The molecule has 2 heterocycles. The molecular weight excluding hydrogens is 329 g/mol. The Bertz CT molecular complexity index is 658. The summed E-state index contributed by atoms with van der Waals surface area (Å²) in [5.41, 5.74) is 0.736. The molecule has 0 amide bonds. The Morgan fingerprint density at radius 1 is 1.50 bits per heavy atom. The van der Waals surface area contributed by atoms with E-state index >= 15 is 0 Å². The summed E-state index contributed by atoms with van der Waals surface area (Å²) in [6.45, 7) is 7.15. The number of alkyl halides is 1. The first kappa shape index (κ1) is 18.8. The minimum Gasteiger partial charge on any atom is -0.480 e. The Morgan fingerprint density at radius 2 is 2.12 bits per heavy atom. The van der Waals surface area contributed by atoms with Gasteiger partial charge in [-0.1, -0.05) is 13.8 Å². The van der Waals surface area contributed by atoms with Crippen LogP contribution in [0.4, 0.5) is 4.39 Å². The zero-order chi connectivity index (χ0) is 18.0. The average molecular weight is 355 g/mol. The zero-order valence-corrected chi connectivity index (χ0v) is 16.7. The molecule has 24 heavy (non-hydrogen) atoms. The molecule has 1 aliphatic rings. The number of aliphatic carboxylic acids is 1. The summed E-state index contributed by atoms with van der Waals surface area (Å²) in [4.78, 5) is 26.2. The fourth-order valence-electron chi connectivity index (χ4n) is 2.89. The van der Waals surface area contributed by atoms with Crippen molar-refractivity contribution in [2.75, 3.05) is 19.6 Å². The van der Waals surface area contributed by atoms with Gasteiger partial charge in [0.1, 0.15) is 6.17 Å². The number of carboxylic acid groups (broad SMARTS) is 1. The van der Waals surface area contributed by atoms with Crippen LogP contribution in [0.2, 0.25) is 5.54 Å². The number of hydrogen-bond acceptors (Lipinski definition) is 4. The van der Waals surface area contributed by atoms with Crippen LogP contribution in [0.3, 0.4) is 0 Å². The fraction of sp³-hybridized carbons (Fsp3) is 0.688. The van der Waals surface area contributed by atoms with E-state index in [0.29, 0.717) is 47.6 Å². The second-order valence-corrected chi connectivity index (χ2v) is 8.39. The molecule has 0 aromatic carbocycles. The number of carboxylic acids is 1. The van der Waals surface area contributed by atoms with Gasteiger partial charge in [0.25, 0.3) is 5.56 Å². The molecule has 1 saturated heterocycles. The van der Waals surface area contributed by atoms with Crippen LogP contribution >= 0.6 is 0 Å². The molecule has 1 aliphatic heterocycles. The maximum absolute atomic E-state index is 12.9. The van der Waals surface area contributed by atoms with E-state index in [-0.39, 0.29) is 17.0 Å². The number of halogens is 1. The highest BCUT2D eigenvalue weighted by atomic mass is 28.1. The summed E-state index contributed by atoms with van der Waals surface area (Å²) < 4.78 is 14.0. The van der Waals surface area contributed by atoms with Crippen molar-refractivity contribution in [3.63, 3.8) is 0 Å². The predicted molar refractivity (Wildman–Crippen MR) is 93.5 cm³/mol. The monoisotopic (exact) mass is 355 g/mol. The number of aryl methyl sites for hydroxylation is 1. The minimum atomic E-state index is -1.02. The molecule has 0 bridgehead atoms. The van der Waals surface area contributed by atoms with Crippen LogP contribution in [-0.4, -0.2) is 61.8 Å². The van der Waals surface area contributed by atoms with Crippen LogP contribution in [0, 0.1) is 12.8 Å². The van der Waals surface area contributed by atoms with Crippen LogP contribution in [0.5, 0.6) is 0 Å². The molecule has 6 nitrogen and oxygen atoms in total. The molecule has 1 N–H and O–H groups in total. The Labute approximate surface area is 144 Å². The first-order valence-corrected chi connectivity index (χ1v) is 9.54. The van der Waals surface area contributed by atoms with Crippen molar-refractivity contribution in [1.82, 2.24) is 14.7 Å². The molecule has 1 fully saturated rings. The summed E-state index contributed by atoms with van der Waals surface area (Å²) in [5.74, 6) is -0.851. The van der Waals surface area contributed by atoms with E-state index in [9.17, 15) is 19.1 Å². The number of carbonyl (C=O) groups is 1. The molecule has 2 rings (SSSR count). The lowest BCUT2D eigenvalue weighted by Crippen LogP contribution is -2.49. The van der Waals surface area contributed by atoms with Crippen molar-refractivity contribution in [3.05, 3.63) is 27.7 Å². The topological polar surface area (TPSA) is 75.4 Å². The molecule has 0 saturated carbocycles. The predicted octanol–water partition coefficient (Wildman–Crippen LogP) is 0.184. The minimum absolute atomic E-state index is 0.0926. The van der Waals surface area contributed by atoms with Gasteiger partial charge in [0.2, 0.25) is 0 Å². The van der Waals surface area contributed by atoms with E-state index in [1.807, 2.05) is 18.7 Å². The zero-order valence-electron chi connectivity index (χ0n) is 14.7. The molecule has 1 aromatic rings. The summed E-state index contributed by atoms with van der Waals surface area (Å²) >= 11 is 0. The number of hydrogen-bond donors (Lipinski definition) is 1. The van der Waals surface area contributed by atoms with Crippen molar-refractivity contribution < 1.29 is 14.3 Å². The van der Waals surface area contributed by atoms with Crippen molar-refractivity contribution in [1.29, 1.82) is 0 Å². The molecule has 0 radical (unpaired) electrons. The van der Waals surface area contributed by atoms with Crippen molar-refractivity contribution >= 4 is 16.2 Å². The summed E-state index contributed by atoms with van der Waals surface area (Å²) in [7, 11) is 0.659. The van der Waals surface area contributed by atoms with Gasteiger partial charge in [0.05, 0.1) is 5.69 Å². The quantitative estimate of drug-likeness (QED) is 0.707. The number of aromatic nitrogens is 2. The number of rotatable bonds is 7. The van der Waals surface area contributed by atoms with Gasteiger partial charge in [-0.2, -0.15) is 5.10 Å². The Morgan fingerprint density at radius 3 is 2.62 bits per heavy atom. The molecule has 2 atom stereocenters. The highest BCUT2D eigenvalue weighted by Crippen LogP contribution is 2.27. The van der Waals surface area contributed by atoms with Crippen LogP contribution in [-0.2, 0) is 11.2 Å². The Balaban J connectivity index is 2.27. The highest BCUT2D eigenvalue weighted by Gasteiger charge is 2.31. The molecule has 0 aliphatic carbocycles. The standard InChI is InChI=1S/C16H26FN3O3Si/c1-9(2)14(24)13(16(22)23)20-15(21)10(3)6-12(18-20)4-5-19-7-11(17)8-19/h6,9,11,13-14H,4-5,7-8H2,1-3,24H3,(H,22,23)/t13-,14?/m0/s1. The molecule has 0 spiro atoms. The third-order valence-electron chi connectivity index (χ3n) is 4.83. The van der Waals surface area contributed by atoms with E-state index in [1.165, 1.54) is 0 Å². The first-order valence-electron chi connectivity index (χ1n) is 8.39. The van der Waals surface area contributed by atoms with Crippen LogP contribution in [0.25, 0.3) is 0 Å². The lowest BCUT2D eigenvalue weighted by Gasteiger charge is -2.34. The van der Waals surface area contributed by atoms with E-state index in [1.54, 1.807) is 13.0 Å². The van der Waals surface area contributed by atoms with Crippen LogP contribution < -0.4 is 5.56 Å². The van der Waals surface area contributed by atoms with Gasteiger partial charge in [-0.25, -0.2) is 13.9 Å². The van der Waals surface area contributed by atoms with E-state index < -0.39 is 18.2 Å². The molecule has 8 heteroatoms. The highest BCUT2D eigenvalue weighted by molar-refractivity contribution is 6.13. The van der Waals surface area contributed by atoms with E-state index in [4.69, 9.17) is 0 Å². The normalized spacial score (nSPS) is 18.5. The van der Waals surface area contributed by atoms with Crippen molar-refractivity contribution in [3.8, 4) is 0 Å².